The van der Waals surface area contributed by atoms with Crippen molar-refractivity contribution < 1.29 is 9.90 Å². The van der Waals surface area contributed by atoms with Crippen molar-refractivity contribution in [1.82, 2.24) is 14.8 Å². The lowest BCUT2D eigenvalue weighted by atomic mass is 10.3. The molecule has 0 spiro atoms. The van der Waals surface area contributed by atoms with E-state index in [9.17, 15) is 4.79 Å². The Balaban J connectivity index is 2.35. The van der Waals surface area contributed by atoms with Crippen LogP contribution in [0.15, 0.2) is 12.4 Å². The molecule has 0 saturated carbocycles. The zero-order valence-electron chi connectivity index (χ0n) is 10.4. The van der Waals surface area contributed by atoms with Crippen LogP contribution in [0.2, 0.25) is 0 Å². The summed E-state index contributed by atoms with van der Waals surface area (Å²) in [6.07, 6.45) is 5.29. The monoisotopic (exact) mass is 265 g/mol. The molecule has 96 valence electrons. The zero-order chi connectivity index (χ0) is 13.1. The van der Waals surface area contributed by atoms with Crippen LogP contribution in [0, 0.1) is 0 Å². The Morgan fingerprint density at radius 2 is 2.28 bits per heavy atom. The molecule has 0 fully saturated rings. The van der Waals surface area contributed by atoms with Crippen LogP contribution in [0.5, 0.6) is 0 Å². The van der Waals surface area contributed by atoms with Crippen molar-refractivity contribution in [3.8, 4) is 10.6 Å². The molecule has 0 aromatic carbocycles. The standard InChI is InChI=1S/C12H15N3O2S/c1-3-5-15-7-8(6-13-15)11-14-9(4-2)10(18-11)12(16)17/h6-7H,3-5H2,1-2H3,(H,16,17). The summed E-state index contributed by atoms with van der Waals surface area (Å²) in [7, 11) is 0. The number of carboxylic acids is 1. The number of carboxylic acid groups (broad SMARTS) is 1. The minimum Gasteiger partial charge on any atom is -0.477 e. The van der Waals surface area contributed by atoms with E-state index in [-0.39, 0.29) is 0 Å². The molecule has 0 atom stereocenters. The van der Waals surface area contributed by atoms with Gasteiger partial charge in [0, 0.05) is 18.3 Å². The maximum absolute atomic E-state index is 11.1. The lowest BCUT2D eigenvalue weighted by molar-refractivity contribution is 0.0701. The maximum atomic E-state index is 11.1. The summed E-state index contributed by atoms with van der Waals surface area (Å²) < 4.78 is 1.85. The van der Waals surface area contributed by atoms with E-state index in [1.807, 2.05) is 17.8 Å². The lowest BCUT2D eigenvalue weighted by Gasteiger charge is -1.94. The average molecular weight is 265 g/mol. The molecule has 0 aliphatic carbocycles. The molecule has 0 unspecified atom stereocenters. The Morgan fingerprint density at radius 3 is 2.83 bits per heavy atom. The Bertz CT molecular complexity index is 559. The second kappa shape index (κ2) is 5.30. The minimum atomic E-state index is -0.906. The first-order valence-electron chi connectivity index (χ1n) is 5.91. The highest BCUT2D eigenvalue weighted by atomic mass is 32.1. The molecule has 0 saturated heterocycles. The molecule has 2 heterocycles. The number of nitrogens with zero attached hydrogens (tertiary/aromatic N) is 3. The number of aryl methyl sites for hydroxylation is 2. The van der Waals surface area contributed by atoms with Gasteiger partial charge in [-0.1, -0.05) is 13.8 Å². The SMILES string of the molecule is CCCn1cc(-c2nc(CC)c(C(=O)O)s2)cn1. The third kappa shape index (κ3) is 2.43. The van der Waals surface area contributed by atoms with E-state index in [1.165, 1.54) is 11.3 Å². The van der Waals surface area contributed by atoms with Crippen LogP contribution in [0.25, 0.3) is 10.6 Å². The Hall–Kier alpha value is -1.69. The van der Waals surface area contributed by atoms with Gasteiger partial charge in [0.05, 0.1) is 11.9 Å². The Labute approximate surface area is 109 Å². The molecule has 0 bridgehead atoms. The van der Waals surface area contributed by atoms with Gasteiger partial charge in [-0.2, -0.15) is 5.10 Å². The summed E-state index contributed by atoms with van der Waals surface area (Å²) in [5, 5.41) is 14.1. The number of carbonyl (C=O) groups is 1. The number of aromatic carboxylic acids is 1. The third-order valence-electron chi connectivity index (χ3n) is 2.56. The van der Waals surface area contributed by atoms with Crippen LogP contribution in [0.3, 0.4) is 0 Å². The summed E-state index contributed by atoms with van der Waals surface area (Å²) in [6, 6.07) is 0. The van der Waals surface area contributed by atoms with Crippen molar-refractivity contribution >= 4 is 17.3 Å². The van der Waals surface area contributed by atoms with Crippen LogP contribution in [-0.4, -0.2) is 25.8 Å². The molecule has 6 heteroatoms. The highest BCUT2D eigenvalue weighted by Gasteiger charge is 2.17. The number of aromatic nitrogens is 3. The van der Waals surface area contributed by atoms with Gasteiger partial charge in [-0.15, -0.1) is 11.3 Å². The fourth-order valence-electron chi connectivity index (χ4n) is 1.71. The lowest BCUT2D eigenvalue weighted by Crippen LogP contribution is -1.97. The van der Waals surface area contributed by atoms with Crippen LogP contribution in [-0.2, 0) is 13.0 Å². The van der Waals surface area contributed by atoms with Gasteiger partial charge in [-0.25, -0.2) is 9.78 Å². The van der Waals surface area contributed by atoms with E-state index in [0.717, 1.165) is 23.5 Å². The second-order valence-corrected chi connectivity index (χ2v) is 4.94. The van der Waals surface area contributed by atoms with Gasteiger partial charge in [0.25, 0.3) is 0 Å². The van der Waals surface area contributed by atoms with E-state index in [4.69, 9.17) is 5.11 Å². The smallest absolute Gasteiger partial charge is 0.347 e. The molecular formula is C12H15N3O2S. The summed E-state index contributed by atoms with van der Waals surface area (Å²) in [4.78, 5) is 15.8. The van der Waals surface area contributed by atoms with Gasteiger partial charge in [0.1, 0.15) is 9.88 Å². The normalized spacial score (nSPS) is 10.8. The largest absolute Gasteiger partial charge is 0.477 e. The highest BCUT2D eigenvalue weighted by molar-refractivity contribution is 7.17. The predicted octanol–water partition coefficient (Wildman–Crippen LogP) is 2.68. The molecule has 2 aromatic heterocycles. The molecule has 18 heavy (non-hydrogen) atoms. The number of hydrogen-bond donors (Lipinski definition) is 1. The molecule has 5 nitrogen and oxygen atoms in total. The fraction of sp³-hybridized carbons (Fsp3) is 0.417. The van der Waals surface area contributed by atoms with E-state index in [2.05, 4.69) is 17.0 Å². The van der Waals surface area contributed by atoms with Crippen LogP contribution in [0.1, 0.15) is 35.6 Å². The van der Waals surface area contributed by atoms with Crippen molar-refractivity contribution in [3.05, 3.63) is 23.0 Å². The van der Waals surface area contributed by atoms with Crippen molar-refractivity contribution in [3.63, 3.8) is 0 Å². The number of thiazole rings is 1. The average Bonchev–Trinajstić information content (AvgIpc) is 2.94. The first kappa shape index (κ1) is 12.8. The highest BCUT2D eigenvalue weighted by Crippen LogP contribution is 2.28. The first-order chi connectivity index (χ1) is 8.65. The van der Waals surface area contributed by atoms with Gasteiger partial charge in [0.2, 0.25) is 0 Å². The molecule has 0 radical (unpaired) electrons. The van der Waals surface area contributed by atoms with Crippen molar-refractivity contribution in [1.29, 1.82) is 0 Å². The fourth-order valence-corrected chi connectivity index (χ4v) is 2.67. The molecule has 0 aliphatic heterocycles. The van der Waals surface area contributed by atoms with Gasteiger partial charge < -0.3 is 5.11 Å². The molecule has 2 rings (SSSR count). The Kier molecular flexibility index (Phi) is 3.76. The van der Waals surface area contributed by atoms with Crippen LogP contribution in [0.4, 0.5) is 0 Å². The minimum absolute atomic E-state index is 0.329. The van der Waals surface area contributed by atoms with E-state index in [0.29, 0.717) is 17.0 Å². The summed E-state index contributed by atoms with van der Waals surface area (Å²) in [5.41, 5.74) is 1.53. The number of rotatable bonds is 5. The van der Waals surface area contributed by atoms with Crippen LogP contribution < -0.4 is 0 Å². The second-order valence-electron chi connectivity index (χ2n) is 3.95. The van der Waals surface area contributed by atoms with Gasteiger partial charge in [-0.05, 0) is 12.8 Å². The van der Waals surface area contributed by atoms with Crippen molar-refractivity contribution in [2.45, 2.75) is 33.2 Å². The van der Waals surface area contributed by atoms with Gasteiger partial charge >= 0.3 is 5.97 Å². The quantitative estimate of drug-likeness (QED) is 0.902. The molecule has 1 N–H and O–H groups in total. The summed E-state index contributed by atoms with van der Waals surface area (Å²) >= 11 is 1.21. The van der Waals surface area contributed by atoms with E-state index >= 15 is 0 Å². The molecule has 0 aliphatic rings. The molecule has 2 aromatic rings. The third-order valence-corrected chi connectivity index (χ3v) is 3.69. The Morgan fingerprint density at radius 1 is 1.50 bits per heavy atom. The maximum Gasteiger partial charge on any atom is 0.347 e. The summed E-state index contributed by atoms with van der Waals surface area (Å²) in [6.45, 7) is 4.85. The first-order valence-corrected chi connectivity index (χ1v) is 6.73. The van der Waals surface area contributed by atoms with Gasteiger partial charge in [-0.3, -0.25) is 4.68 Å². The zero-order valence-corrected chi connectivity index (χ0v) is 11.2. The van der Waals surface area contributed by atoms with Crippen LogP contribution >= 0.6 is 11.3 Å². The predicted molar refractivity (Wildman–Crippen MR) is 70.0 cm³/mol. The van der Waals surface area contributed by atoms with Crippen molar-refractivity contribution in [2.75, 3.05) is 0 Å². The van der Waals surface area contributed by atoms with Gasteiger partial charge in [0.15, 0.2) is 0 Å². The molecule has 0 amide bonds. The van der Waals surface area contributed by atoms with E-state index in [1.54, 1.807) is 6.20 Å². The van der Waals surface area contributed by atoms with Crippen molar-refractivity contribution in [2.24, 2.45) is 0 Å². The van der Waals surface area contributed by atoms with E-state index < -0.39 is 5.97 Å². The number of hydrogen-bond acceptors (Lipinski definition) is 4. The topological polar surface area (TPSA) is 68.0 Å². The summed E-state index contributed by atoms with van der Waals surface area (Å²) in [5.74, 6) is -0.906. The molecular weight excluding hydrogens is 250 g/mol.